The highest BCUT2D eigenvalue weighted by molar-refractivity contribution is 6.30. The van der Waals surface area contributed by atoms with Crippen LogP contribution < -0.4 is 4.90 Å². The van der Waals surface area contributed by atoms with E-state index in [9.17, 15) is 24.6 Å². The zero-order valence-corrected chi connectivity index (χ0v) is 21.8. The number of likely N-dealkylation sites (tertiary alicyclic amines) is 1. The Balaban J connectivity index is 1.87. The molecule has 8 nitrogen and oxygen atoms in total. The summed E-state index contributed by atoms with van der Waals surface area (Å²) >= 11 is 6.07. The van der Waals surface area contributed by atoms with E-state index in [0.717, 1.165) is 0 Å². The van der Waals surface area contributed by atoms with Crippen molar-refractivity contribution >= 4 is 35.1 Å². The van der Waals surface area contributed by atoms with Gasteiger partial charge in [0.15, 0.2) is 0 Å². The number of aliphatic hydroxyl groups is 1. The fraction of sp³-hybridized carbons (Fsp3) is 0.593. The summed E-state index contributed by atoms with van der Waals surface area (Å²) in [5.74, 6) is -3.80. The quantitative estimate of drug-likeness (QED) is 0.459. The maximum atomic E-state index is 14.4. The summed E-state index contributed by atoms with van der Waals surface area (Å²) in [6.07, 6.45) is 3.35. The molecule has 3 aliphatic heterocycles. The first-order valence-corrected chi connectivity index (χ1v) is 13.0. The van der Waals surface area contributed by atoms with Gasteiger partial charge in [-0.05, 0) is 55.9 Å². The zero-order chi connectivity index (χ0) is 26.4. The van der Waals surface area contributed by atoms with E-state index >= 15 is 0 Å². The number of benzene rings is 1. The summed E-state index contributed by atoms with van der Waals surface area (Å²) in [6.45, 7) is 9.46. The summed E-state index contributed by atoms with van der Waals surface area (Å²) in [7, 11) is 0. The van der Waals surface area contributed by atoms with Gasteiger partial charge < -0.3 is 24.7 Å². The van der Waals surface area contributed by atoms with Gasteiger partial charge in [-0.3, -0.25) is 14.4 Å². The van der Waals surface area contributed by atoms with Gasteiger partial charge in [0.05, 0.1) is 24.2 Å². The Morgan fingerprint density at radius 3 is 2.50 bits per heavy atom. The zero-order valence-electron chi connectivity index (χ0n) is 21.0. The molecule has 0 radical (unpaired) electrons. The minimum absolute atomic E-state index is 0.138. The Labute approximate surface area is 216 Å². The smallest absolute Gasteiger partial charge is 0.310 e. The number of halogens is 1. The molecule has 2 bridgehead atoms. The van der Waals surface area contributed by atoms with Crippen LogP contribution in [-0.2, 0) is 19.1 Å². The van der Waals surface area contributed by atoms with Crippen LogP contribution in [0.15, 0.2) is 36.9 Å². The average molecular weight is 519 g/mol. The van der Waals surface area contributed by atoms with Gasteiger partial charge in [-0.1, -0.05) is 38.4 Å². The van der Waals surface area contributed by atoms with E-state index in [1.807, 2.05) is 20.8 Å². The van der Waals surface area contributed by atoms with Crippen molar-refractivity contribution in [2.75, 3.05) is 18.1 Å². The van der Waals surface area contributed by atoms with Crippen LogP contribution >= 0.6 is 11.6 Å². The van der Waals surface area contributed by atoms with E-state index in [0.29, 0.717) is 36.4 Å². The Bertz CT molecular complexity index is 1050. The van der Waals surface area contributed by atoms with E-state index in [-0.39, 0.29) is 25.0 Å². The number of anilines is 1. The van der Waals surface area contributed by atoms with Gasteiger partial charge in [-0.2, -0.15) is 0 Å². The lowest BCUT2D eigenvalue weighted by Crippen LogP contribution is -2.59. The van der Waals surface area contributed by atoms with Gasteiger partial charge in [0, 0.05) is 17.3 Å². The molecule has 2 amide bonds. The monoisotopic (exact) mass is 518 g/mol. The van der Waals surface area contributed by atoms with Crippen molar-refractivity contribution < 1.29 is 29.3 Å². The normalized spacial score (nSPS) is 31.6. The Morgan fingerprint density at radius 2 is 1.97 bits per heavy atom. The number of hydrogen-bond acceptors (Lipinski definition) is 5. The summed E-state index contributed by atoms with van der Waals surface area (Å²) in [5.41, 5.74) is -1.69. The second-order valence-corrected chi connectivity index (χ2v) is 11.0. The number of fused-ring (bicyclic) bond motifs is 1. The lowest BCUT2D eigenvalue weighted by Gasteiger charge is -2.40. The predicted octanol–water partition coefficient (Wildman–Crippen LogP) is 3.51. The SMILES string of the molecule is C=CCN(C(=O)C1N([C@@H](CO)CC(C)C)C(=O)[C@@H]2[C@@H](C(=O)O)[C@@]3(CC)CCC12O3)c1ccc(Cl)cc1. The first-order valence-electron chi connectivity index (χ1n) is 12.6. The number of rotatable bonds is 10. The topological polar surface area (TPSA) is 107 Å². The Morgan fingerprint density at radius 1 is 1.31 bits per heavy atom. The molecule has 1 aromatic carbocycles. The van der Waals surface area contributed by atoms with Crippen molar-refractivity contribution in [1.82, 2.24) is 4.90 Å². The molecule has 2 N–H and O–H groups in total. The van der Waals surface area contributed by atoms with E-state index in [2.05, 4.69) is 6.58 Å². The number of aliphatic carboxylic acids is 1. The molecule has 2 unspecified atom stereocenters. The fourth-order valence-corrected chi connectivity index (χ4v) is 6.87. The minimum atomic E-state index is -1.27. The molecule has 6 atom stereocenters. The van der Waals surface area contributed by atoms with Crippen LogP contribution in [0.2, 0.25) is 5.02 Å². The van der Waals surface area contributed by atoms with Crippen molar-refractivity contribution in [2.24, 2.45) is 17.8 Å². The summed E-state index contributed by atoms with van der Waals surface area (Å²) in [4.78, 5) is 44.0. The Hall–Kier alpha value is -2.42. The van der Waals surface area contributed by atoms with Crippen LogP contribution in [0.25, 0.3) is 0 Å². The standard InChI is InChI=1S/C27H35ClN2O6/c1-5-13-29(18-9-7-17(28)8-10-18)24(33)22-27-12-11-26(6-2,36-27)21(25(34)35)20(27)23(32)30(22)19(15-31)14-16(3)4/h5,7-10,16,19-22,31H,1,6,11-15H2,2-4H3,(H,34,35)/t19-,20+,21+,22?,26-,27?/m1/s1. The van der Waals surface area contributed by atoms with Gasteiger partial charge in [0.2, 0.25) is 5.91 Å². The van der Waals surface area contributed by atoms with Crippen molar-refractivity contribution in [2.45, 2.75) is 69.7 Å². The highest BCUT2D eigenvalue weighted by Crippen LogP contribution is 2.64. The summed E-state index contributed by atoms with van der Waals surface area (Å²) < 4.78 is 6.59. The number of carbonyl (C=O) groups excluding carboxylic acids is 2. The van der Waals surface area contributed by atoms with Crippen molar-refractivity contribution in [3.05, 3.63) is 41.9 Å². The number of carboxylic acid groups (broad SMARTS) is 1. The maximum absolute atomic E-state index is 14.4. The van der Waals surface area contributed by atoms with Gasteiger partial charge in [0.25, 0.3) is 5.91 Å². The average Bonchev–Trinajstić information content (AvgIpc) is 3.45. The molecular formula is C27H35ClN2O6. The third kappa shape index (κ3) is 3.94. The van der Waals surface area contributed by atoms with E-state index in [1.54, 1.807) is 30.3 Å². The largest absolute Gasteiger partial charge is 0.481 e. The van der Waals surface area contributed by atoms with E-state index in [4.69, 9.17) is 16.3 Å². The number of hydrogen-bond donors (Lipinski definition) is 2. The van der Waals surface area contributed by atoms with Gasteiger partial charge >= 0.3 is 5.97 Å². The molecule has 0 aliphatic carbocycles. The Kier molecular flexibility index (Phi) is 7.25. The van der Waals surface area contributed by atoms with Crippen molar-refractivity contribution in [1.29, 1.82) is 0 Å². The maximum Gasteiger partial charge on any atom is 0.310 e. The fourth-order valence-electron chi connectivity index (χ4n) is 6.74. The molecule has 9 heteroatoms. The third-order valence-corrected chi connectivity index (χ3v) is 8.43. The number of ether oxygens (including phenoxy) is 1. The first kappa shape index (κ1) is 26.6. The third-order valence-electron chi connectivity index (χ3n) is 8.18. The van der Waals surface area contributed by atoms with Gasteiger partial charge in [-0.15, -0.1) is 6.58 Å². The second kappa shape index (κ2) is 9.80. The molecule has 36 heavy (non-hydrogen) atoms. The molecule has 1 aromatic rings. The lowest BCUT2D eigenvalue weighted by atomic mass is 9.65. The van der Waals surface area contributed by atoms with Crippen LogP contribution in [0.5, 0.6) is 0 Å². The molecule has 3 heterocycles. The number of carboxylic acids is 1. The number of aliphatic hydroxyl groups excluding tert-OH is 1. The van der Waals surface area contributed by atoms with Crippen molar-refractivity contribution in [3.8, 4) is 0 Å². The molecule has 1 spiro atoms. The summed E-state index contributed by atoms with van der Waals surface area (Å²) in [6, 6.07) is 5.09. The molecule has 0 saturated carbocycles. The second-order valence-electron chi connectivity index (χ2n) is 10.6. The molecule has 4 rings (SSSR count). The predicted molar refractivity (Wildman–Crippen MR) is 136 cm³/mol. The summed E-state index contributed by atoms with van der Waals surface area (Å²) in [5, 5.41) is 21.1. The van der Waals surface area contributed by atoms with E-state index in [1.165, 1.54) is 9.80 Å². The van der Waals surface area contributed by atoms with Crippen molar-refractivity contribution in [3.63, 3.8) is 0 Å². The number of carbonyl (C=O) groups is 3. The lowest BCUT2D eigenvalue weighted by molar-refractivity contribution is -0.157. The highest BCUT2D eigenvalue weighted by atomic mass is 35.5. The first-order chi connectivity index (χ1) is 17.1. The van der Waals surface area contributed by atoms with Crippen LogP contribution in [0, 0.1) is 17.8 Å². The molecule has 3 aliphatic rings. The van der Waals surface area contributed by atoms with Crippen LogP contribution in [0.1, 0.15) is 46.5 Å². The van der Waals surface area contributed by atoms with Crippen LogP contribution in [0.4, 0.5) is 5.69 Å². The molecule has 0 aromatic heterocycles. The van der Waals surface area contributed by atoms with Gasteiger partial charge in [-0.25, -0.2) is 0 Å². The van der Waals surface area contributed by atoms with E-state index < -0.39 is 47.0 Å². The van der Waals surface area contributed by atoms with Crippen LogP contribution in [-0.4, -0.2) is 69.3 Å². The number of amides is 2. The van der Waals surface area contributed by atoms with Gasteiger partial charge in [0.1, 0.15) is 17.6 Å². The molecule has 3 saturated heterocycles. The van der Waals surface area contributed by atoms with Crippen LogP contribution in [0.3, 0.4) is 0 Å². The minimum Gasteiger partial charge on any atom is -0.481 e. The molecular weight excluding hydrogens is 484 g/mol. The molecule has 3 fully saturated rings. The highest BCUT2D eigenvalue weighted by Gasteiger charge is 2.79. The molecule has 196 valence electrons. The number of nitrogens with zero attached hydrogens (tertiary/aromatic N) is 2.